The zero-order chi connectivity index (χ0) is 15.2. The third kappa shape index (κ3) is 3.63. The predicted octanol–water partition coefficient (Wildman–Crippen LogP) is 2.56. The second kappa shape index (κ2) is 6.94. The summed E-state index contributed by atoms with van der Waals surface area (Å²) in [5.41, 5.74) is 1.36. The molecular weight excluding hydrogens is 288 g/mol. The van der Waals surface area contributed by atoms with Gasteiger partial charge in [-0.15, -0.1) is 0 Å². The summed E-state index contributed by atoms with van der Waals surface area (Å²) in [7, 11) is 1.35. The first-order valence-corrected chi connectivity index (χ1v) is 6.95. The van der Waals surface area contributed by atoms with E-state index in [1.807, 2.05) is 0 Å². The Labute approximate surface area is 127 Å². The third-order valence-electron chi connectivity index (χ3n) is 2.85. The number of rotatable bonds is 5. The van der Waals surface area contributed by atoms with Crippen molar-refractivity contribution in [1.82, 2.24) is 14.9 Å². The lowest BCUT2D eigenvalue weighted by molar-refractivity contribution is 0.0601. The van der Waals surface area contributed by atoms with E-state index in [1.54, 1.807) is 35.2 Å². The van der Waals surface area contributed by atoms with Gasteiger partial charge in [-0.25, -0.2) is 4.79 Å². The highest BCUT2D eigenvalue weighted by molar-refractivity contribution is 7.71. The van der Waals surface area contributed by atoms with E-state index in [2.05, 4.69) is 27.0 Å². The SMILES string of the molecule is CCCc1n[nH]c(=S)n1/N=C/c1ccc(C(=O)OC)cc1. The first-order valence-electron chi connectivity index (χ1n) is 6.54. The molecule has 0 unspecified atom stereocenters. The molecule has 2 rings (SSSR count). The summed E-state index contributed by atoms with van der Waals surface area (Å²) in [6.45, 7) is 2.07. The summed E-state index contributed by atoms with van der Waals surface area (Å²) in [6.07, 6.45) is 3.43. The number of nitrogens with one attached hydrogen (secondary N) is 1. The highest BCUT2D eigenvalue weighted by Crippen LogP contribution is 2.05. The third-order valence-corrected chi connectivity index (χ3v) is 3.11. The number of aryl methyl sites for hydroxylation is 1. The monoisotopic (exact) mass is 304 g/mol. The van der Waals surface area contributed by atoms with Gasteiger partial charge < -0.3 is 4.74 Å². The van der Waals surface area contributed by atoms with Crippen LogP contribution in [0.25, 0.3) is 0 Å². The molecule has 0 atom stereocenters. The van der Waals surface area contributed by atoms with E-state index in [9.17, 15) is 4.79 Å². The van der Waals surface area contributed by atoms with Crippen LogP contribution in [0.3, 0.4) is 0 Å². The molecule has 0 amide bonds. The van der Waals surface area contributed by atoms with Crippen LogP contribution >= 0.6 is 12.2 Å². The smallest absolute Gasteiger partial charge is 0.337 e. The molecule has 1 heterocycles. The van der Waals surface area contributed by atoms with Gasteiger partial charge in [0, 0.05) is 6.42 Å². The van der Waals surface area contributed by atoms with Gasteiger partial charge in [-0.05, 0) is 36.3 Å². The number of hydrogen-bond donors (Lipinski definition) is 1. The van der Waals surface area contributed by atoms with Crippen molar-refractivity contribution in [3.05, 3.63) is 46.0 Å². The van der Waals surface area contributed by atoms with Gasteiger partial charge in [-0.2, -0.15) is 14.9 Å². The van der Waals surface area contributed by atoms with Crippen LogP contribution in [0.15, 0.2) is 29.4 Å². The molecule has 7 heteroatoms. The Balaban J connectivity index is 2.20. The van der Waals surface area contributed by atoms with Crippen LogP contribution in [-0.4, -0.2) is 34.2 Å². The zero-order valence-corrected chi connectivity index (χ0v) is 12.7. The van der Waals surface area contributed by atoms with Gasteiger partial charge in [0.25, 0.3) is 0 Å². The summed E-state index contributed by atoms with van der Waals surface area (Å²) in [4.78, 5) is 11.3. The molecule has 1 aromatic heterocycles. The minimum absolute atomic E-state index is 0.360. The average molecular weight is 304 g/mol. The van der Waals surface area contributed by atoms with Crippen molar-refractivity contribution in [3.8, 4) is 0 Å². The highest BCUT2D eigenvalue weighted by atomic mass is 32.1. The average Bonchev–Trinajstić information content (AvgIpc) is 2.86. The molecule has 0 aliphatic carbocycles. The maximum absolute atomic E-state index is 11.3. The van der Waals surface area contributed by atoms with Gasteiger partial charge in [0.05, 0.1) is 18.9 Å². The molecule has 0 spiro atoms. The van der Waals surface area contributed by atoms with Crippen LogP contribution in [0, 0.1) is 4.77 Å². The molecule has 6 nitrogen and oxygen atoms in total. The number of benzene rings is 1. The normalized spacial score (nSPS) is 11.0. The topological polar surface area (TPSA) is 72.3 Å². The van der Waals surface area contributed by atoms with E-state index in [1.165, 1.54) is 7.11 Å². The molecule has 0 aliphatic rings. The molecule has 0 bridgehead atoms. The Morgan fingerprint density at radius 1 is 1.48 bits per heavy atom. The lowest BCUT2D eigenvalue weighted by Gasteiger charge is -2.00. The van der Waals surface area contributed by atoms with Gasteiger partial charge in [0.2, 0.25) is 4.77 Å². The predicted molar refractivity (Wildman–Crippen MR) is 82.2 cm³/mol. The van der Waals surface area contributed by atoms with Gasteiger partial charge in [-0.3, -0.25) is 5.10 Å². The van der Waals surface area contributed by atoms with Crippen LogP contribution in [0.1, 0.15) is 35.1 Å². The molecule has 1 aromatic carbocycles. The summed E-state index contributed by atoms with van der Waals surface area (Å²) in [6, 6.07) is 6.96. The first-order chi connectivity index (χ1) is 10.2. The lowest BCUT2D eigenvalue weighted by atomic mass is 10.1. The Morgan fingerprint density at radius 2 is 2.19 bits per heavy atom. The molecule has 2 aromatic rings. The largest absolute Gasteiger partial charge is 0.465 e. The van der Waals surface area contributed by atoms with E-state index in [4.69, 9.17) is 12.2 Å². The molecule has 0 aliphatic heterocycles. The maximum atomic E-state index is 11.3. The van der Waals surface area contributed by atoms with E-state index in [-0.39, 0.29) is 5.97 Å². The van der Waals surface area contributed by atoms with E-state index < -0.39 is 0 Å². The second-order valence-corrected chi connectivity index (χ2v) is 4.75. The number of hydrogen-bond acceptors (Lipinski definition) is 5. The van der Waals surface area contributed by atoms with Gasteiger partial charge in [0.1, 0.15) is 0 Å². The van der Waals surface area contributed by atoms with E-state index in [0.717, 1.165) is 24.2 Å². The molecule has 0 fully saturated rings. The van der Waals surface area contributed by atoms with Crippen molar-refractivity contribution in [2.24, 2.45) is 5.10 Å². The summed E-state index contributed by atoms with van der Waals surface area (Å²) in [5, 5.41) is 11.2. The number of carbonyl (C=O) groups excluding carboxylic acids is 1. The fraction of sp³-hybridized carbons (Fsp3) is 0.286. The van der Waals surface area contributed by atoms with Crippen LogP contribution in [0.5, 0.6) is 0 Å². The van der Waals surface area contributed by atoms with Crippen LogP contribution in [0.4, 0.5) is 0 Å². The molecule has 0 saturated heterocycles. The highest BCUT2D eigenvalue weighted by Gasteiger charge is 2.05. The molecule has 0 radical (unpaired) electrons. The minimum atomic E-state index is -0.360. The fourth-order valence-electron chi connectivity index (χ4n) is 1.78. The summed E-state index contributed by atoms with van der Waals surface area (Å²) in [5.74, 6) is 0.436. The quantitative estimate of drug-likeness (QED) is 0.523. The zero-order valence-electron chi connectivity index (χ0n) is 11.9. The van der Waals surface area contributed by atoms with E-state index >= 15 is 0 Å². The standard InChI is InChI=1S/C14H16N4O2S/c1-3-4-12-16-17-14(21)18(12)15-9-10-5-7-11(8-6-10)13(19)20-2/h5-9H,3-4H2,1-2H3,(H,17,21)/b15-9+. The van der Waals surface area contributed by atoms with Crippen LogP contribution < -0.4 is 0 Å². The number of ether oxygens (including phenoxy) is 1. The fourth-order valence-corrected chi connectivity index (χ4v) is 1.97. The van der Waals surface area contributed by atoms with Crippen molar-refractivity contribution in [1.29, 1.82) is 0 Å². The van der Waals surface area contributed by atoms with Gasteiger partial charge >= 0.3 is 5.97 Å². The lowest BCUT2D eigenvalue weighted by Crippen LogP contribution is -2.01. The second-order valence-electron chi connectivity index (χ2n) is 4.36. The number of carbonyl (C=O) groups is 1. The van der Waals surface area contributed by atoms with E-state index in [0.29, 0.717) is 10.3 Å². The van der Waals surface area contributed by atoms with Crippen molar-refractivity contribution < 1.29 is 9.53 Å². The number of aromatic amines is 1. The minimum Gasteiger partial charge on any atom is -0.465 e. The Kier molecular flexibility index (Phi) is 4.99. The number of H-pyrrole nitrogens is 1. The summed E-state index contributed by atoms with van der Waals surface area (Å²) >= 11 is 5.14. The van der Waals surface area contributed by atoms with Gasteiger partial charge in [-0.1, -0.05) is 19.1 Å². The molecular formula is C14H16N4O2S. The van der Waals surface area contributed by atoms with Crippen LogP contribution in [-0.2, 0) is 11.2 Å². The number of aromatic nitrogens is 3. The Hall–Kier alpha value is -2.28. The molecule has 110 valence electrons. The maximum Gasteiger partial charge on any atom is 0.337 e. The number of methoxy groups -OCH3 is 1. The number of nitrogens with zero attached hydrogens (tertiary/aromatic N) is 3. The van der Waals surface area contributed by atoms with Crippen molar-refractivity contribution in [2.75, 3.05) is 7.11 Å². The number of esters is 1. The molecule has 21 heavy (non-hydrogen) atoms. The first kappa shape index (κ1) is 15.1. The van der Waals surface area contributed by atoms with Crippen LogP contribution in [0.2, 0.25) is 0 Å². The Morgan fingerprint density at radius 3 is 2.81 bits per heavy atom. The molecule has 1 N–H and O–H groups in total. The van der Waals surface area contributed by atoms with Gasteiger partial charge in [0.15, 0.2) is 5.82 Å². The van der Waals surface area contributed by atoms with Crippen molar-refractivity contribution in [3.63, 3.8) is 0 Å². The Bertz CT molecular complexity index is 701. The van der Waals surface area contributed by atoms with Crippen molar-refractivity contribution >= 4 is 24.4 Å². The van der Waals surface area contributed by atoms with Crippen molar-refractivity contribution in [2.45, 2.75) is 19.8 Å². The summed E-state index contributed by atoms with van der Waals surface area (Å²) < 4.78 is 6.71. The molecule has 0 saturated carbocycles.